The Kier molecular flexibility index (Phi) is 20.4. The minimum Gasteiger partial charge on any atom is -1.00 e. The van der Waals surface area contributed by atoms with Gasteiger partial charge in [-0.05, 0) is 33.6 Å². The highest BCUT2D eigenvalue weighted by Crippen LogP contribution is 2.19. The van der Waals surface area contributed by atoms with E-state index in [9.17, 15) is 0 Å². The van der Waals surface area contributed by atoms with E-state index in [0.29, 0.717) is 19.8 Å². The molecule has 0 saturated carbocycles. The minimum absolute atomic E-state index is 0. The molecule has 0 amide bonds. The molecule has 0 atom stereocenters. The number of unbranched alkanes of at least 4 members (excludes halogenated alkanes) is 7. The van der Waals surface area contributed by atoms with E-state index in [1.165, 1.54) is 64.5 Å². The average molecular weight is 471 g/mol. The lowest BCUT2D eigenvalue weighted by atomic mass is 10.1. The van der Waals surface area contributed by atoms with Crippen molar-refractivity contribution in [1.29, 1.82) is 0 Å². The Bertz CT molecular complexity index is 303. The summed E-state index contributed by atoms with van der Waals surface area (Å²) in [5, 5.41) is 0. The maximum Gasteiger partial charge on any atom is 0.501 e. The lowest BCUT2D eigenvalue weighted by Gasteiger charge is -2.32. The van der Waals surface area contributed by atoms with Crippen LogP contribution in [0.4, 0.5) is 0 Å². The molecular formula is C21H48BrNO3Si. The van der Waals surface area contributed by atoms with Crippen molar-refractivity contribution in [1.82, 2.24) is 0 Å². The molecule has 0 aromatic heterocycles. The third-order valence-electron chi connectivity index (χ3n) is 4.96. The van der Waals surface area contributed by atoms with E-state index in [4.69, 9.17) is 13.3 Å². The Morgan fingerprint density at radius 2 is 1.00 bits per heavy atom. The smallest absolute Gasteiger partial charge is 0.501 e. The molecule has 0 aromatic rings. The van der Waals surface area contributed by atoms with Gasteiger partial charge in [0.25, 0.3) is 0 Å². The monoisotopic (exact) mass is 469 g/mol. The van der Waals surface area contributed by atoms with Crippen molar-refractivity contribution in [2.75, 3.05) is 47.0 Å². The van der Waals surface area contributed by atoms with Crippen LogP contribution in [0.3, 0.4) is 0 Å². The fourth-order valence-electron chi connectivity index (χ4n) is 3.51. The lowest BCUT2D eigenvalue weighted by molar-refractivity contribution is -0.890. The number of hydrogen-bond acceptors (Lipinski definition) is 3. The summed E-state index contributed by atoms with van der Waals surface area (Å²) >= 11 is 0. The van der Waals surface area contributed by atoms with E-state index in [2.05, 4.69) is 21.0 Å². The van der Waals surface area contributed by atoms with Crippen LogP contribution in [0, 0.1) is 0 Å². The van der Waals surface area contributed by atoms with Gasteiger partial charge in [0.15, 0.2) is 0 Å². The van der Waals surface area contributed by atoms with E-state index in [0.717, 1.165) is 16.9 Å². The van der Waals surface area contributed by atoms with Crippen molar-refractivity contribution in [2.45, 2.75) is 91.5 Å². The molecule has 0 unspecified atom stereocenters. The van der Waals surface area contributed by atoms with Crippen LogP contribution in [0.25, 0.3) is 0 Å². The Morgan fingerprint density at radius 3 is 1.44 bits per heavy atom. The molecule has 0 saturated heterocycles. The maximum absolute atomic E-state index is 5.97. The molecule has 0 N–H and O–H groups in total. The van der Waals surface area contributed by atoms with Crippen molar-refractivity contribution in [2.24, 2.45) is 0 Å². The molecule has 0 aliphatic heterocycles. The quantitative estimate of drug-likeness (QED) is 0.165. The summed E-state index contributed by atoms with van der Waals surface area (Å²) in [6.45, 7) is 12.8. The Balaban J connectivity index is 0. The van der Waals surface area contributed by atoms with Crippen LogP contribution in [-0.4, -0.2) is 60.3 Å². The molecule has 0 heterocycles. The fraction of sp³-hybridized carbons (Fsp3) is 1.00. The summed E-state index contributed by atoms with van der Waals surface area (Å²) in [5.41, 5.74) is 0. The largest absolute Gasteiger partial charge is 1.00 e. The highest BCUT2D eigenvalue weighted by molar-refractivity contribution is 6.60. The van der Waals surface area contributed by atoms with Crippen molar-refractivity contribution < 1.29 is 34.7 Å². The molecule has 166 valence electrons. The number of nitrogens with zero attached hydrogens (tertiary/aromatic N) is 1. The molecule has 27 heavy (non-hydrogen) atoms. The van der Waals surface area contributed by atoms with Gasteiger partial charge < -0.3 is 34.7 Å². The van der Waals surface area contributed by atoms with Gasteiger partial charge in [-0.3, -0.25) is 0 Å². The number of hydrogen-bond donors (Lipinski definition) is 0. The van der Waals surface area contributed by atoms with E-state index >= 15 is 0 Å². The second kappa shape index (κ2) is 18.6. The maximum atomic E-state index is 5.97. The standard InChI is InChI=1S/C21H48NO3Si.BrH/c1-7-11-12-13-14-15-16-17-19-22(5,6)20-18-21-26(23-8-2,24-9-3)25-10-4;/h7-21H2,1-6H3;1H/q+1;/p-1. The third-order valence-corrected chi connectivity index (χ3v) is 8.11. The zero-order chi connectivity index (χ0) is 19.7. The van der Waals surface area contributed by atoms with Crippen LogP contribution >= 0.6 is 0 Å². The van der Waals surface area contributed by atoms with Gasteiger partial charge in [0, 0.05) is 32.3 Å². The fourth-order valence-corrected chi connectivity index (χ4v) is 6.10. The lowest BCUT2D eigenvalue weighted by Crippen LogP contribution is -3.00. The highest BCUT2D eigenvalue weighted by Gasteiger charge is 2.40. The van der Waals surface area contributed by atoms with Crippen LogP contribution in [0.15, 0.2) is 0 Å². The third kappa shape index (κ3) is 16.1. The summed E-state index contributed by atoms with van der Waals surface area (Å²) in [4.78, 5) is 0. The Hall–Kier alpha value is 0.537. The first-order chi connectivity index (χ1) is 12.4. The van der Waals surface area contributed by atoms with Gasteiger partial charge in [-0.2, -0.15) is 0 Å². The van der Waals surface area contributed by atoms with Crippen LogP contribution in [-0.2, 0) is 13.3 Å². The van der Waals surface area contributed by atoms with Gasteiger partial charge in [-0.1, -0.05) is 45.4 Å². The number of rotatable bonds is 19. The average Bonchev–Trinajstić information content (AvgIpc) is 2.58. The molecule has 0 aromatic carbocycles. The predicted molar refractivity (Wildman–Crippen MR) is 115 cm³/mol. The topological polar surface area (TPSA) is 27.7 Å². The van der Waals surface area contributed by atoms with Gasteiger partial charge in [0.2, 0.25) is 0 Å². The Labute approximate surface area is 182 Å². The van der Waals surface area contributed by atoms with E-state index in [1.54, 1.807) is 0 Å². The van der Waals surface area contributed by atoms with Crippen molar-refractivity contribution >= 4 is 8.80 Å². The second-order valence-corrected chi connectivity index (χ2v) is 10.7. The van der Waals surface area contributed by atoms with Crippen molar-refractivity contribution in [3.05, 3.63) is 0 Å². The first-order valence-corrected chi connectivity index (χ1v) is 13.1. The SMILES string of the molecule is CCCCCCCCCC[N+](C)(C)CCC[Si](OCC)(OCC)OCC.[Br-]. The van der Waals surface area contributed by atoms with E-state index in [-0.39, 0.29) is 17.0 Å². The van der Waals surface area contributed by atoms with Crippen molar-refractivity contribution in [3.63, 3.8) is 0 Å². The van der Waals surface area contributed by atoms with Crippen molar-refractivity contribution in [3.8, 4) is 0 Å². The zero-order valence-electron chi connectivity index (χ0n) is 19.2. The van der Waals surface area contributed by atoms with Crippen LogP contribution < -0.4 is 17.0 Å². The molecule has 0 radical (unpaired) electrons. The zero-order valence-corrected chi connectivity index (χ0v) is 21.7. The summed E-state index contributed by atoms with van der Waals surface area (Å²) in [7, 11) is 2.24. The number of halogens is 1. The summed E-state index contributed by atoms with van der Waals surface area (Å²) in [6.07, 6.45) is 12.2. The first kappa shape index (κ1) is 29.7. The molecule has 4 nitrogen and oxygen atoms in total. The molecule has 0 rings (SSSR count). The van der Waals surface area contributed by atoms with E-state index < -0.39 is 8.80 Å². The summed E-state index contributed by atoms with van der Waals surface area (Å²) < 4.78 is 19.0. The molecule has 0 fully saturated rings. The van der Waals surface area contributed by atoms with Crippen LogP contribution in [0.5, 0.6) is 0 Å². The molecule has 6 heteroatoms. The Morgan fingerprint density at radius 1 is 0.593 bits per heavy atom. The summed E-state index contributed by atoms with van der Waals surface area (Å²) in [5.74, 6) is 0. The van der Waals surface area contributed by atoms with Gasteiger partial charge in [0.05, 0.1) is 27.2 Å². The second-order valence-electron chi connectivity index (χ2n) is 7.94. The van der Waals surface area contributed by atoms with E-state index in [1.807, 2.05) is 20.8 Å². The van der Waals surface area contributed by atoms with Gasteiger partial charge in [-0.15, -0.1) is 0 Å². The molecular weight excluding hydrogens is 422 g/mol. The molecule has 0 spiro atoms. The van der Waals surface area contributed by atoms with Crippen LogP contribution in [0.2, 0.25) is 6.04 Å². The minimum atomic E-state index is -2.47. The first-order valence-electron chi connectivity index (χ1n) is 11.2. The molecule has 0 aliphatic rings. The number of quaternary nitrogens is 1. The molecule has 0 aliphatic carbocycles. The predicted octanol–water partition coefficient (Wildman–Crippen LogP) is 2.65. The molecule has 0 bridgehead atoms. The van der Waals surface area contributed by atoms with Crippen LogP contribution in [0.1, 0.15) is 85.5 Å². The highest BCUT2D eigenvalue weighted by atomic mass is 79.9. The normalized spacial score (nSPS) is 12.2. The van der Waals surface area contributed by atoms with Gasteiger partial charge in [-0.25, -0.2) is 0 Å². The van der Waals surface area contributed by atoms with Gasteiger partial charge >= 0.3 is 8.80 Å². The van der Waals surface area contributed by atoms with Gasteiger partial charge in [0.1, 0.15) is 0 Å². The summed E-state index contributed by atoms with van der Waals surface area (Å²) in [6, 6.07) is 0.932.